The smallest absolute Gasteiger partial charge is 0.292 e. The van der Waals surface area contributed by atoms with Crippen LogP contribution in [0.25, 0.3) is 22.2 Å². The van der Waals surface area contributed by atoms with Gasteiger partial charge >= 0.3 is 0 Å². The SMILES string of the molecule is Nc1nc2c(Cc3ccccc3)cc(-c3ccncc3)cc2o1. The first-order chi connectivity index (χ1) is 11.3. The predicted molar refractivity (Wildman–Crippen MR) is 90.9 cm³/mol. The van der Waals surface area contributed by atoms with E-state index in [0.29, 0.717) is 5.58 Å². The van der Waals surface area contributed by atoms with Gasteiger partial charge in [-0.25, -0.2) is 0 Å². The standard InChI is InChI=1S/C19H15N3O/c20-19-22-18-16(10-13-4-2-1-3-5-13)11-15(12-17(18)23-19)14-6-8-21-9-7-14/h1-9,11-12H,10H2,(H2,20,22). The molecular formula is C19H15N3O. The Morgan fingerprint density at radius 3 is 2.48 bits per heavy atom. The fourth-order valence-electron chi connectivity index (χ4n) is 2.78. The molecular weight excluding hydrogens is 286 g/mol. The van der Waals surface area contributed by atoms with Crippen molar-refractivity contribution in [1.29, 1.82) is 0 Å². The molecule has 2 aromatic heterocycles. The molecule has 0 spiro atoms. The monoisotopic (exact) mass is 301 g/mol. The van der Waals surface area contributed by atoms with Gasteiger partial charge in [-0.15, -0.1) is 0 Å². The lowest BCUT2D eigenvalue weighted by Gasteiger charge is -2.07. The van der Waals surface area contributed by atoms with Crippen LogP contribution in [0.3, 0.4) is 0 Å². The Morgan fingerprint density at radius 1 is 0.913 bits per heavy atom. The second-order valence-electron chi connectivity index (χ2n) is 5.43. The van der Waals surface area contributed by atoms with Crippen LogP contribution in [0.15, 0.2) is 71.4 Å². The van der Waals surface area contributed by atoms with Crippen molar-refractivity contribution in [2.45, 2.75) is 6.42 Å². The quantitative estimate of drug-likeness (QED) is 0.619. The van der Waals surface area contributed by atoms with Crippen LogP contribution < -0.4 is 5.73 Å². The molecule has 0 aliphatic rings. The van der Waals surface area contributed by atoms with Crippen molar-refractivity contribution in [3.05, 3.63) is 78.1 Å². The van der Waals surface area contributed by atoms with E-state index >= 15 is 0 Å². The molecule has 2 N–H and O–H groups in total. The van der Waals surface area contributed by atoms with Gasteiger partial charge in [0.25, 0.3) is 6.01 Å². The highest BCUT2D eigenvalue weighted by atomic mass is 16.4. The number of hydrogen-bond donors (Lipinski definition) is 1. The van der Waals surface area contributed by atoms with E-state index in [2.05, 4.69) is 28.2 Å². The van der Waals surface area contributed by atoms with Crippen LogP contribution in [0.4, 0.5) is 6.01 Å². The lowest BCUT2D eigenvalue weighted by atomic mass is 9.98. The zero-order chi connectivity index (χ0) is 15.6. The molecule has 0 unspecified atom stereocenters. The number of nitrogen functional groups attached to an aromatic ring is 1. The Morgan fingerprint density at radius 2 is 1.70 bits per heavy atom. The van der Waals surface area contributed by atoms with Crippen LogP contribution in [-0.4, -0.2) is 9.97 Å². The second kappa shape index (κ2) is 5.57. The van der Waals surface area contributed by atoms with Crippen LogP contribution in [0.5, 0.6) is 0 Å². The molecule has 0 saturated heterocycles. The average Bonchev–Trinajstić information content (AvgIpc) is 2.97. The number of nitrogens with two attached hydrogens (primary N) is 1. The molecule has 0 radical (unpaired) electrons. The summed E-state index contributed by atoms with van der Waals surface area (Å²) >= 11 is 0. The third kappa shape index (κ3) is 2.66. The lowest BCUT2D eigenvalue weighted by Crippen LogP contribution is -1.92. The maximum atomic E-state index is 5.75. The van der Waals surface area contributed by atoms with Crippen LogP contribution in [0, 0.1) is 0 Å². The molecule has 4 heteroatoms. The van der Waals surface area contributed by atoms with Gasteiger partial charge in [0.05, 0.1) is 0 Å². The minimum atomic E-state index is 0.196. The van der Waals surface area contributed by atoms with Crippen molar-refractivity contribution in [1.82, 2.24) is 9.97 Å². The van der Waals surface area contributed by atoms with Gasteiger partial charge in [-0.3, -0.25) is 4.98 Å². The van der Waals surface area contributed by atoms with Gasteiger partial charge in [0.15, 0.2) is 5.58 Å². The van der Waals surface area contributed by atoms with E-state index in [1.807, 2.05) is 36.4 Å². The van der Waals surface area contributed by atoms with Crippen LogP contribution in [-0.2, 0) is 6.42 Å². The number of fused-ring (bicyclic) bond motifs is 1. The van der Waals surface area contributed by atoms with E-state index in [0.717, 1.165) is 28.6 Å². The van der Waals surface area contributed by atoms with Gasteiger partial charge < -0.3 is 10.2 Å². The predicted octanol–water partition coefficient (Wildman–Crippen LogP) is 4.06. The highest BCUT2D eigenvalue weighted by molar-refractivity contribution is 5.84. The Hall–Kier alpha value is -3.14. The van der Waals surface area contributed by atoms with E-state index in [1.54, 1.807) is 12.4 Å². The van der Waals surface area contributed by atoms with Crippen molar-refractivity contribution in [2.75, 3.05) is 5.73 Å². The molecule has 112 valence electrons. The topological polar surface area (TPSA) is 64.9 Å². The van der Waals surface area contributed by atoms with Crippen molar-refractivity contribution in [3.8, 4) is 11.1 Å². The summed E-state index contributed by atoms with van der Waals surface area (Å²) in [5, 5.41) is 0. The Balaban J connectivity index is 1.87. The number of aromatic nitrogens is 2. The Bertz CT molecular complexity index is 946. The highest BCUT2D eigenvalue weighted by Crippen LogP contribution is 2.30. The molecule has 0 atom stereocenters. The zero-order valence-electron chi connectivity index (χ0n) is 12.4. The van der Waals surface area contributed by atoms with E-state index in [9.17, 15) is 0 Å². The Labute approximate surface area is 133 Å². The fraction of sp³-hybridized carbons (Fsp3) is 0.0526. The molecule has 0 fully saturated rings. The number of hydrogen-bond acceptors (Lipinski definition) is 4. The van der Waals surface area contributed by atoms with Crippen molar-refractivity contribution >= 4 is 17.1 Å². The first-order valence-corrected chi connectivity index (χ1v) is 7.43. The number of anilines is 1. The van der Waals surface area contributed by atoms with E-state index < -0.39 is 0 Å². The largest absolute Gasteiger partial charge is 0.424 e. The van der Waals surface area contributed by atoms with Crippen LogP contribution in [0.1, 0.15) is 11.1 Å². The average molecular weight is 301 g/mol. The Kier molecular flexibility index (Phi) is 3.27. The van der Waals surface area contributed by atoms with Gasteiger partial charge in [0.2, 0.25) is 0 Å². The summed E-state index contributed by atoms with van der Waals surface area (Å²) in [4.78, 5) is 8.41. The summed E-state index contributed by atoms with van der Waals surface area (Å²) in [6, 6.07) is 18.6. The summed E-state index contributed by atoms with van der Waals surface area (Å²) in [5.41, 5.74) is 11.8. The first kappa shape index (κ1) is 13.5. The fourth-order valence-corrected chi connectivity index (χ4v) is 2.78. The highest BCUT2D eigenvalue weighted by Gasteiger charge is 2.12. The number of oxazole rings is 1. The third-order valence-corrected chi connectivity index (χ3v) is 3.84. The number of nitrogens with zero attached hydrogens (tertiary/aromatic N) is 2. The second-order valence-corrected chi connectivity index (χ2v) is 5.43. The van der Waals surface area contributed by atoms with Crippen molar-refractivity contribution in [3.63, 3.8) is 0 Å². The minimum Gasteiger partial charge on any atom is -0.424 e. The minimum absolute atomic E-state index is 0.196. The van der Waals surface area contributed by atoms with Gasteiger partial charge in [-0.1, -0.05) is 30.3 Å². The maximum absolute atomic E-state index is 5.75. The summed E-state index contributed by atoms with van der Waals surface area (Å²) in [7, 11) is 0. The molecule has 0 aliphatic heterocycles. The zero-order valence-corrected chi connectivity index (χ0v) is 12.4. The lowest BCUT2D eigenvalue weighted by molar-refractivity contribution is 0.626. The molecule has 0 amide bonds. The van der Waals surface area contributed by atoms with Gasteiger partial charge in [-0.2, -0.15) is 4.98 Å². The molecule has 2 heterocycles. The molecule has 4 aromatic rings. The third-order valence-electron chi connectivity index (χ3n) is 3.84. The number of benzene rings is 2. The van der Waals surface area contributed by atoms with E-state index in [-0.39, 0.29) is 6.01 Å². The molecule has 2 aromatic carbocycles. The first-order valence-electron chi connectivity index (χ1n) is 7.43. The maximum Gasteiger partial charge on any atom is 0.292 e. The summed E-state index contributed by atoms with van der Waals surface area (Å²) in [6.45, 7) is 0. The molecule has 0 aliphatic carbocycles. The van der Waals surface area contributed by atoms with Gasteiger partial charge in [-0.05, 0) is 52.9 Å². The van der Waals surface area contributed by atoms with Crippen LogP contribution in [0.2, 0.25) is 0 Å². The van der Waals surface area contributed by atoms with Crippen LogP contribution >= 0.6 is 0 Å². The van der Waals surface area contributed by atoms with E-state index in [1.165, 1.54) is 5.56 Å². The van der Waals surface area contributed by atoms with E-state index in [4.69, 9.17) is 10.2 Å². The number of pyridine rings is 1. The molecule has 4 rings (SSSR count). The number of rotatable bonds is 3. The summed E-state index contributed by atoms with van der Waals surface area (Å²) in [6.07, 6.45) is 4.35. The summed E-state index contributed by atoms with van der Waals surface area (Å²) in [5.74, 6) is 0. The molecule has 4 nitrogen and oxygen atoms in total. The normalized spacial score (nSPS) is 11.0. The molecule has 0 bridgehead atoms. The molecule has 0 saturated carbocycles. The van der Waals surface area contributed by atoms with Crippen molar-refractivity contribution < 1.29 is 4.42 Å². The van der Waals surface area contributed by atoms with Gasteiger partial charge in [0, 0.05) is 12.4 Å². The van der Waals surface area contributed by atoms with Crippen molar-refractivity contribution in [2.24, 2.45) is 0 Å². The summed E-state index contributed by atoms with van der Waals surface area (Å²) < 4.78 is 5.56. The van der Waals surface area contributed by atoms with Gasteiger partial charge in [0.1, 0.15) is 5.52 Å². The molecule has 23 heavy (non-hydrogen) atoms.